The van der Waals surface area contributed by atoms with E-state index in [1.165, 1.54) is 5.56 Å². The molecule has 0 fully saturated rings. The maximum absolute atomic E-state index is 12.6. The SMILES string of the molecule is CCc1ccc2oc(-c3ccc(NC(=S)NC(=O)c4ccc(-c5cccc(Cl)c5Cl)o4)cc3)nc2c1. The molecule has 0 spiro atoms. The summed E-state index contributed by atoms with van der Waals surface area (Å²) in [6.07, 6.45) is 0.937. The first-order chi connectivity index (χ1) is 17.4. The van der Waals surface area contributed by atoms with Crippen LogP contribution in [0, 0.1) is 0 Å². The van der Waals surface area contributed by atoms with Crippen LogP contribution in [0.4, 0.5) is 5.69 Å². The minimum absolute atomic E-state index is 0.0859. The van der Waals surface area contributed by atoms with E-state index >= 15 is 0 Å². The molecule has 2 aromatic heterocycles. The second kappa shape index (κ2) is 10.1. The van der Waals surface area contributed by atoms with Crippen molar-refractivity contribution in [3.05, 3.63) is 94.2 Å². The van der Waals surface area contributed by atoms with Gasteiger partial charge in [-0.2, -0.15) is 0 Å². The van der Waals surface area contributed by atoms with Gasteiger partial charge < -0.3 is 14.2 Å². The molecule has 0 saturated heterocycles. The minimum Gasteiger partial charge on any atom is -0.451 e. The molecule has 6 nitrogen and oxygen atoms in total. The molecule has 0 unspecified atom stereocenters. The molecular weight excluding hydrogens is 517 g/mol. The summed E-state index contributed by atoms with van der Waals surface area (Å²) in [7, 11) is 0. The highest BCUT2D eigenvalue weighted by molar-refractivity contribution is 7.80. The van der Waals surface area contributed by atoms with Crippen molar-refractivity contribution in [2.45, 2.75) is 13.3 Å². The quantitative estimate of drug-likeness (QED) is 0.224. The number of carbonyl (C=O) groups excluding carboxylic acids is 1. The number of nitrogens with zero attached hydrogens (tertiary/aromatic N) is 1. The van der Waals surface area contributed by atoms with Gasteiger partial charge in [-0.1, -0.05) is 42.3 Å². The number of aryl methyl sites for hydroxylation is 1. The Hall–Kier alpha value is -3.65. The molecule has 1 amide bonds. The largest absolute Gasteiger partial charge is 0.451 e. The molecule has 0 radical (unpaired) electrons. The van der Waals surface area contributed by atoms with Gasteiger partial charge in [0.1, 0.15) is 11.3 Å². The predicted molar refractivity (Wildman–Crippen MR) is 147 cm³/mol. The minimum atomic E-state index is -0.494. The van der Waals surface area contributed by atoms with Crippen LogP contribution in [0.1, 0.15) is 23.0 Å². The topological polar surface area (TPSA) is 80.3 Å². The highest BCUT2D eigenvalue weighted by Gasteiger charge is 2.16. The van der Waals surface area contributed by atoms with Gasteiger partial charge in [0, 0.05) is 16.8 Å². The number of oxazole rings is 1. The summed E-state index contributed by atoms with van der Waals surface area (Å²) in [5.41, 5.74) is 4.89. The molecular formula is C27H19Cl2N3O3S. The van der Waals surface area contributed by atoms with E-state index in [1.54, 1.807) is 30.3 Å². The fourth-order valence-corrected chi connectivity index (χ4v) is 4.24. The van der Waals surface area contributed by atoms with Crippen LogP contribution < -0.4 is 10.6 Å². The zero-order valence-corrected chi connectivity index (χ0v) is 21.3. The fourth-order valence-electron chi connectivity index (χ4n) is 3.64. The standard InChI is InChI=1S/C27H19Cl2N3O3S/c1-2-15-6-11-22-20(14-15)31-26(35-22)16-7-9-17(10-8-16)30-27(36)32-25(33)23-13-12-21(34-23)18-4-3-5-19(28)24(18)29/h3-14H,2H2,1H3,(H2,30,32,33,36). The molecule has 0 bridgehead atoms. The van der Waals surface area contributed by atoms with Crippen LogP contribution >= 0.6 is 35.4 Å². The van der Waals surface area contributed by atoms with Crippen LogP contribution in [-0.4, -0.2) is 16.0 Å². The number of thiocarbonyl (C=S) groups is 1. The fraction of sp³-hybridized carbons (Fsp3) is 0.0741. The third-order valence-electron chi connectivity index (χ3n) is 5.52. The molecule has 2 N–H and O–H groups in total. The van der Waals surface area contributed by atoms with E-state index in [9.17, 15) is 4.79 Å². The third-order valence-corrected chi connectivity index (χ3v) is 6.55. The van der Waals surface area contributed by atoms with E-state index in [0.717, 1.165) is 23.1 Å². The summed E-state index contributed by atoms with van der Waals surface area (Å²) < 4.78 is 11.5. The van der Waals surface area contributed by atoms with Gasteiger partial charge in [-0.15, -0.1) is 0 Å². The first-order valence-electron chi connectivity index (χ1n) is 11.1. The average Bonchev–Trinajstić information content (AvgIpc) is 3.53. The number of rotatable bonds is 5. The van der Waals surface area contributed by atoms with E-state index in [4.69, 9.17) is 44.3 Å². The highest BCUT2D eigenvalue weighted by Crippen LogP contribution is 2.34. The summed E-state index contributed by atoms with van der Waals surface area (Å²) in [5, 5.41) is 6.47. The number of benzene rings is 3. The summed E-state index contributed by atoms with van der Waals surface area (Å²) in [6.45, 7) is 2.10. The first kappa shape index (κ1) is 24.1. The first-order valence-corrected chi connectivity index (χ1v) is 12.2. The lowest BCUT2D eigenvalue weighted by atomic mass is 10.1. The van der Waals surface area contributed by atoms with E-state index in [0.29, 0.717) is 32.9 Å². The second-order valence-electron chi connectivity index (χ2n) is 7.93. The number of amides is 1. The highest BCUT2D eigenvalue weighted by atomic mass is 35.5. The van der Waals surface area contributed by atoms with Crippen molar-refractivity contribution in [2.24, 2.45) is 0 Å². The van der Waals surface area contributed by atoms with E-state index in [2.05, 4.69) is 22.5 Å². The van der Waals surface area contributed by atoms with Gasteiger partial charge >= 0.3 is 0 Å². The van der Waals surface area contributed by atoms with E-state index in [-0.39, 0.29) is 10.9 Å². The van der Waals surface area contributed by atoms with Crippen molar-refractivity contribution >= 4 is 63.2 Å². The summed E-state index contributed by atoms with van der Waals surface area (Å²) in [6, 6.07) is 21.8. The van der Waals surface area contributed by atoms with E-state index < -0.39 is 5.91 Å². The summed E-state index contributed by atoms with van der Waals surface area (Å²) in [5.74, 6) is 0.551. The van der Waals surface area contributed by atoms with Gasteiger partial charge in [-0.3, -0.25) is 10.1 Å². The molecule has 36 heavy (non-hydrogen) atoms. The summed E-state index contributed by atoms with van der Waals surface area (Å²) in [4.78, 5) is 17.2. The molecule has 0 aliphatic carbocycles. The van der Waals surface area contributed by atoms with Crippen molar-refractivity contribution in [2.75, 3.05) is 5.32 Å². The second-order valence-corrected chi connectivity index (χ2v) is 9.12. The van der Waals surface area contributed by atoms with Crippen LogP contribution in [-0.2, 0) is 6.42 Å². The number of halogens is 2. The van der Waals surface area contributed by atoms with Crippen molar-refractivity contribution in [1.82, 2.24) is 10.3 Å². The lowest BCUT2D eigenvalue weighted by Gasteiger charge is -2.09. The van der Waals surface area contributed by atoms with Crippen LogP contribution in [0.25, 0.3) is 33.9 Å². The Balaban J connectivity index is 1.23. The Kier molecular flexibility index (Phi) is 6.78. The van der Waals surface area contributed by atoms with Crippen molar-refractivity contribution < 1.29 is 13.6 Å². The van der Waals surface area contributed by atoms with Crippen molar-refractivity contribution in [3.63, 3.8) is 0 Å². The Morgan fingerprint density at radius 2 is 1.81 bits per heavy atom. The zero-order chi connectivity index (χ0) is 25.2. The Bertz CT molecular complexity index is 1590. The number of furan rings is 1. The maximum Gasteiger partial charge on any atom is 0.293 e. The van der Waals surface area contributed by atoms with Gasteiger partial charge in [0.2, 0.25) is 5.89 Å². The number of carbonyl (C=O) groups is 1. The lowest BCUT2D eigenvalue weighted by molar-refractivity contribution is 0.0951. The van der Waals surface area contributed by atoms with E-state index in [1.807, 2.05) is 42.5 Å². The van der Waals surface area contributed by atoms with Crippen LogP contribution in [0.3, 0.4) is 0 Å². The van der Waals surface area contributed by atoms with Crippen LogP contribution in [0.15, 0.2) is 81.6 Å². The van der Waals surface area contributed by atoms with Gasteiger partial charge in [0.05, 0.1) is 10.0 Å². The molecule has 0 aliphatic heterocycles. The van der Waals surface area contributed by atoms with Crippen LogP contribution in [0.5, 0.6) is 0 Å². The number of aromatic nitrogens is 1. The number of hydrogen-bond donors (Lipinski definition) is 2. The molecule has 0 aliphatic rings. The number of anilines is 1. The van der Waals surface area contributed by atoms with Crippen LogP contribution in [0.2, 0.25) is 10.0 Å². The van der Waals surface area contributed by atoms with Gasteiger partial charge in [0.15, 0.2) is 16.5 Å². The zero-order valence-electron chi connectivity index (χ0n) is 19.0. The predicted octanol–water partition coefficient (Wildman–Crippen LogP) is 7.75. The Labute approximate surface area is 222 Å². The third kappa shape index (κ3) is 4.99. The molecule has 9 heteroatoms. The van der Waals surface area contributed by atoms with Gasteiger partial charge in [0.25, 0.3) is 5.91 Å². The average molecular weight is 536 g/mol. The van der Waals surface area contributed by atoms with Crippen molar-refractivity contribution in [1.29, 1.82) is 0 Å². The molecule has 2 heterocycles. The number of nitrogens with one attached hydrogen (secondary N) is 2. The van der Waals surface area contributed by atoms with Crippen molar-refractivity contribution in [3.8, 4) is 22.8 Å². The normalized spacial score (nSPS) is 11.0. The Morgan fingerprint density at radius 1 is 1.00 bits per heavy atom. The van der Waals surface area contributed by atoms with Gasteiger partial charge in [-0.25, -0.2) is 4.98 Å². The molecule has 0 atom stereocenters. The molecule has 5 aromatic rings. The molecule has 180 valence electrons. The Morgan fingerprint density at radius 3 is 2.58 bits per heavy atom. The monoisotopic (exact) mass is 535 g/mol. The number of fused-ring (bicyclic) bond motifs is 1. The molecule has 5 rings (SSSR count). The molecule has 0 saturated carbocycles. The smallest absolute Gasteiger partial charge is 0.293 e. The van der Waals surface area contributed by atoms with Gasteiger partial charge in [-0.05, 0) is 84.9 Å². The summed E-state index contributed by atoms with van der Waals surface area (Å²) >= 11 is 17.6. The number of hydrogen-bond acceptors (Lipinski definition) is 5. The molecule has 3 aromatic carbocycles. The maximum atomic E-state index is 12.6. The lowest BCUT2D eigenvalue weighted by Crippen LogP contribution is -2.33.